The van der Waals surface area contributed by atoms with E-state index in [2.05, 4.69) is 43.4 Å². The van der Waals surface area contributed by atoms with E-state index in [-0.39, 0.29) is 5.92 Å². The Hall–Kier alpha value is -2.65. The average molecular weight is 720 g/mol. The van der Waals surface area contributed by atoms with Crippen LogP contribution in [0.15, 0.2) is 48.5 Å². The summed E-state index contributed by atoms with van der Waals surface area (Å²) in [6.07, 6.45) is 1.41. The zero-order valence-electron chi connectivity index (χ0n) is 30.8. The summed E-state index contributed by atoms with van der Waals surface area (Å²) in [5, 5.41) is 2.81. The van der Waals surface area contributed by atoms with Gasteiger partial charge in [-0.1, -0.05) is 68.8 Å². The van der Waals surface area contributed by atoms with E-state index < -0.39 is 6.09 Å². The molecule has 0 saturated heterocycles. The third kappa shape index (κ3) is 19.1. The van der Waals surface area contributed by atoms with Gasteiger partial charge in [0.05, 0.1) is 106 Å². The largest absolute Gasteiger partial charge is 0.449 e. The Morgan fingerprint density at radius 3 is 1.35 bits per heavy atom. The Bertz CT molecular complexity index is 1110. The van der Waals surface area contributed by atoms with Gasteiger partial charge in [-0.05, 0) is 34.6 Å². The Labute approximate surface area is 304 Å². The number of benzene rings is 2. The number of alkyl carbamates (subject to hydrolysis) is 1. The maximum absolute atomic E-state index is 12.3. The number of nitrogens with one attached hydrogen (secondary N) is 1. The van der Waals surface area contributed by atoms with Gasteiger partial charge >= 0.3 is 6.09 Å². The summed E-state index contributed by atoms with van der Waals surface area (Å²) in [6, 6.07) is 16.6. The lowest BCUT2D eigenvalue weighted by molar-refractivity contribution is -0.0255. The highest BCUT2D eigenvalue weighted by atomic mass is 16.6. The lowest BCUT2D eigenvalue weighted by Crippen LogP contribution is -2.27. The van der Waals surface area contributed by atoms with Gasteiger partial charge in [0, 0.05) is 25.7 Å². The van der Waals surface area contributed by atoms with Crippen LogP contribution < -0.4 is 5.32 Å². The smallest absolute Gasteiger partial charge is 0.407 e. The SMILES string of the molecule is CCC(C)COCCOCCOCCOCCOCCOCCOCCOCCOCCCNC(=O)OCC1c2ccccc2-c2ccccc21. The van der Waals surface area contributed by atoms with E-state index >= 15 is 0 Å². The molecule has 1 atom stereocenters. The van der Waals surface area contributed by atoms with Gasteiger partial charge in [0.2, 0.25) is 0 Å². The van der Waals surface area contributed by atoms with Crippen LogP contribution in [0.4, 0.5) is 4.79 Å². The minimum Gasteiger partial charge on any atom is -0.449 e. The van der Waals surface area contributed by atoms with E-state index in [1.54, 1.807) is 0 Å². The Morgan fingerprint density at radius 1 is 0.569 bits per heavy atom. The fourth-order valence-corrected chi connectivity index (χ4v) is 5.18. The molecule has 1 aliphatic rings. The quantitative estimate of drug-likeness (QED) is 0.0992. The Balaban J connectivity index is 0.968. The van der Waals surface area contributed by atoms with Gasteiger partial charge in [-0.25, -0.2) is 4.79 Å². The number of rotatable bonds is 33. The molecule has 2 aromatic carbocycles. The van der Waals surface area contributed by atoms with Gasteiger partial charge in [-0.3, -0.25) is 0 Å². The molecule has 0 saturated carbocycles. The van der Waals surface area contributed by atoms with Crippen LogP contribution in [-0.2, 0) is 47.4 Å². The molecule has 51 heavy (non-hydrogen) atoms. The van der Waals surface area contributed by atoms with Crippen LogP contribution in [0, 0.1) is 5.92 Å². The minimum absolute atomic E-state index is 0.0529. The molecule has 2 aromatic rings. The van der Waals surface area contributed by atoms with Crippen molar-refractivity contribution < 1.29 is 52.2 Å². The van der Waals surface area contributed by atoms with Crippen LogP contribution in [-0.4, -0.2) is 138 Å². The van der Waals surface area contributed by atoms with Crippen molar-refractivity contribution in [3.63, 3.8) is 0 Å². The van der Waals surface area contributed by atoms with Gasteiger partial charge in [-0.2, -0.15) is 0 Å². The average Bonchev–Trinajstić information content (AvgIpc) is 3.48. The lowest BCUT2D eigenvalue weighted by atomic mass is 9.98. The monoisotopic (exact) mass is 719 g/mol. The van der Waals surface area contributed by atoms with Crippen LogP contribution in [0.2, 0.25) is 0 Å². The van der Waals surface area contributed by atoms with Crippen molar-refractivity contribution in [3.8, 4) is 11.1 Å². The molecule has 0 aromatic heterocycles. The normalized spacial score (nSPS) is 12.9. The van der Waals surface area contributed by atoms with Gasteiger partial charge in [0.1, 0.15) is 6.61 Å². The van der Waals surface area contributed by atoms with Crippen molar-refractivity contribution in [1.82, 2.24) is 5.32 Å². The second-order valence-electron chi connectivity index (χ2n) is 12.1. The van der Waals surface area contributed by atoms with E-state index in [0.717, 1.165) is 13.0 Å². The van der Waals surface area contributed by atoms with Crippen LogP contribution >= 0.6 is 0 Å². The molecule has 0 radical (unpaired) electrons. The Kier molecular flexibility index (Phi) is 24.2. The first-order chi connectivity index (χ1) is 25.2. The molecule has 0 heterocycles. The van der Waals surface area contributed by atoms with Crippen LogP contribution in [0.3, 0.4) is 0 Å². The zero-order valence-corrected chi connectivity index (χ0v) is 30.8. The van der Waals surface area contributed by atoms with E-state index in [1.807, 2.05) is 24.3 Å². The second-order valence-corrected chi connectivity index (χ2v) is 12.1. The summed E-state index contributed by atoms with van der Waals surface area (Å²) in [7, 11) is 0. The fraction of sp³-hybridized carbons (Fsp3) is 0.667. The maximum Gasteiger partial charge on any atom is 0.407 e. The molecule has 1 aliphatic carbocycles. The van der Waals surface area contributed by atoms with Gasteiger partial charge in [0.15, 0.2) is 0 Å². The zero-order chi connectivity index (χ0) is 36.0. The molecule has 12 nitrogen and oxygen atoms in total. The van der Waals surface area contributed by atoms with Crippen molar-refractivity contribution in [2.24, 2.45) is 5.92 Å². The van der Waals surface area contributed by atoms with Gasteiger partial charge in [-0.15, -0.1) is 0 Å². The summed E-state index contributed by atoms with van der Waals surface area (Å²) in [5.41, 5.74) is 4.82. The van der Waals surface area contributed by atoms with Crippen LogP contribution in [0.5, 0.6) is 0 Å². The molecule has 0 fully saturated rings. The van der Waals surface area contributed by atoms with E-state index in [4.69, 9.17) is 47.4 Å². The third-order valence-electron chi connectivity index (χ3n) is 8.15. The number of amides is 1. The fourth-order valence-electron chi connectivity index (χ4n) is 5.18. The predicted octanol–water partition coefficient (Wildman–Crippen LogP) is 5.11. The predicted molar refractivity (Wildman–Crippen MR) is 195 cm³/mol. The standard InChI is InChI=1S/C39H61NO11/c1-3-33(2)31-50-30-29-49-28-27-48-26-25-47-24-23-46-22-21-45-20-19-44-18-17-43-16-15-42-14-8-13-40-39(41)51-32-38-36-11-6-4-9-34(36)35-10-5-7-12-37(35)38/h4-7,9-12,33,38H,3,8,13-32H2,1-2H3,(H,40,41). The molecule has 0 spiro atoms. The summed E-state index contributed by atoms with van der Waals surface area (Å²) in [4.78, 5) is 12.3. The first-order valence-corrected chi connectivity index (χ1v) is 18.5. The molecular formula is C39H61NO11. The molecule has 288 valence electrons. The molecule has 1 amide bonds. The van der Waals surface area contributed by atoms with E-state index in [9.17, 15) is 4.79 Å². The van der Waals surface area contributed by atoms with Crippen LogP contribution in [0.1, 0.15) is 43.7 Å². The number of ether oxygens (including phenoxy) is 10. The van der Waals surface area contributed by atoms with E-state index in [0.29, 0.717) is 138 Å². The third-order valence-corrected chi connectivity index (χ3v) is 8.15. The Morgan fingerprint density at radius 2 is 0.941 bits per heavy atom. The summed E-state index contributed by atoms with van der Waals surface area (Å²) < 4.78 is 55.2. The molecule has 1 N–H and O–H groups in total. The van der Waals surface area contributed by atoms with Gasteiger partial charge < -0.3 is 52.7 Å². The van der Waals surface area contributed by atoms with Crippen molar-refractivity contribution in [3.05, 3.63) is 59.7 Å². The maximum atomic E-state index is 12.3. The molecule has 3 rings (SSSR count). The second kappa shape index (κ2) is 28.9. The lowest BCUT2D eigenvalue weighted by Gasteiger charge is -2.14. The number of fused-ring (bicyclic) bond motifs is 3. The van der Waals surface area contributed by atoms with Crippen molar-refractivity contribution in [2.45, 2.75) is 32.6 Å². The highest BCUT2D eigenvalue weighted by Gasteiger charge is 2.28. The topological polar surface area (TPSA) is 121 Å². The molecule has 0 bridgehead atoms. The first-order valence-electron chi connectivity index (χ1n) is 18.5. The van der Waals surface area contributed by atoms with Gasteiger partial charge in [0.25, 0.3) is 0 Å². The number of carbonyl (C=O) groups is 1. The summed E-state index contributed by atoms with van der Waals surface area (Å²) in [6.45, 7) is 14.8. The summed E-state index contributed by atoms with van der Waals surface area (Å²) >= 11 is 0. The highest BCUT2D eigenvalue weighted by molar-refractivity contribution is 5.79. The molecule has 1 unspecified atom stereocenters. The van der Waals surface area contributed by atoms with Crippen molar-refractivity contribution >= 4 is 6.09 Å². The molecule has 12 heteroatoms. The first kappa shape index (κ1) is 42.8. The molecule has 0 aliphatic heterocycles. The molecular weight excluding hydrogens is 658 g/mol. The van der Waals surface area contributed by atoms with E-state index in [1.165, 1.54) is 22.3 Å². The van der Waals surface area contributed by atoms with Crippen molar-refractivity contribution in [2.75, 3.05) is 132 Å². The number of hydrogen-bond acceptors (Lipinski definition) is 11. The number of carbonyl (C=O) groups excluding carboxylic acids is 1. The summed E-state index contributed by atoms with van der Waals surface area (Å²) in [5.74, 6) is 0.646. The number of hydrogen-bond donors (Lipinski definition) is 1. The van der Waals surface area contributed by atoms with Crippen molar-refractivity contribution in [1.29, 1.82) is 0 Å². The highest BCUT2D eigenvalue weighted by Crippen LogP contribution is 2.44. The minimum atomic E-state index is -0.412. The van der Waals surface area contributed by atoms with Crippen LogP contribution in [0.25, 0.3) is 11.1 Å².